The van der Waals surface area contributed by atoms with Crippen LogP contribution in [0.5, 0.6) is 0 Å². The minimum absolute atomic E-state index is 0.0743. The molecular weight excluding hydrogens is 745 g/mol. The fraction of sp³-hybridized carbons (Fsp3) is 0.833. The highest BCUT2D eigenvalue weighted by molar-refractivity contribution is 5.71. The van der Waals surface area contributed by atoms with Gasteiger partial charge in [0.25, 0.3) is 0 Å². The second kappa shape index (κ2) is 49.3. The summed E-state index contributed by atoms with van der Waals surface area (Å²) in [6.45, 7) is 6.59. The molecule has 0 heterocycles. The van der Waals surface area contributed by atoms with Gasteiger partial charge in [-0.1, -0.05) is 211 Å². The van der Waals surface area contributed by atoms with Gasteiger partial charge in [0.1, 0.15) is 13.2 Å². The highest BCUT2D eigenvalue weighted by atomic mass is 16.6. The number of ether oxygens (including phenoxy) is 3. The number of esters is 3. The molecule has 1 atom stereocenters. The molecule has 0 rings (SSSR count). The number of allylic oxidation sites excluding steroid dienone is 6. The average Bonchev–Trinajstić information content (AvgIpc) is 3.24. The number of unbranched alkanes of at least 4 members (excludes halogenated alkanes) is 30. The summed E-state index contributed by atoms with van der Waals surface area (Å²) in [5.41, 5.74) is 0. The summed E-state index contributed by atoms with van der Waals surface area (Å²) in [5, 5.41) is 0. The third-order valence-corrected chi connectivity index (χ3v) is 11.4. The highest BCUT2D eigenvalue weighted by Gasteiger charge is 2.19. The highest BCUT2D eigenvalue weighted by Crippen LogP contribution is 2.15. The Hall–Kier alpha value is -2.37. The summed E-state index contributed by atoms with van der Waals surface area (Å²) >= 11 is 0. The van der Waals surface area contributed by atoms with Crippen LogP contribution in [-0.4, -0.2) is 37.2 Å². The minimum atomic E-state index is -0.773. The van der Waals surface area contributed by atoms with Gasteiger partial charge in [-0.3, -0.25) is 14.4 Å². The third-order valence-electron chi connectivity index (χ3n) is 11.4. The van der Waals surface area contributed by atoms with Gasteiger partial charge < -0.3 is 14.2 Å². The summed E-state index contributed by atoms with van der Waals surface area (Å²) in [6, 6.07) is 0. The topological polar surface area (TPSA) is 78.9 Å². The fourth-order valence-electron chi connectivity index (χ4n) is 7.41. The van der Waals surface area contributed by atoms with E-state index in [0.29, 0.717) is 19.3 Å². The largest absolute Gasteiger partial charge is 0.462 e. The van der Waals surface area contributed by atoms with Crippen molar-refractivity contribution in [2.75, 3.05) is 13.2 Å². The van der Waals surface area contributed by atoms with E-state index in [2.05, 4.69) is 57.2 Å². The molecule has 6 nitrogen and oxygen atoms in total. The second-order valence-electron chi connectivity index (χ2n) is 17.4. The molecule has 0 N–H and O–H groups in total. The van der Waals surface area contributed by atoms with Gasteiger partial charge in [-0.25, -0.2) is 0 Å². The van der Waals surface area contributed by atoms with Crippen molar-refractivity contribution in [3.05, 3.63) is 36.5 Å². The minimum Gasteiger partial charge on any atom is -0.462 e. The van der Waals surface area contributed by atoms with E-state index in [0.717, 1.165) is 70.6 Å². The summed E-state index contributed by atoms with van der Waals surface area (Å²) in [4.78, 5) is 37.9. The van der Waals surface area contributed by atoms with Crippen LogP contribution in [0.1, 0.15) is 271 Å². The Kier molecular flexibility index (Phi) is 47.3. The maximum atomic E-state index is 12.8. The molecule has 0 unspecified atom stereocenters. The van der Waals surface area contributed by atoms with Gasteiger partial charge in [-0.05, 0) is 77.0 Å². The van der Waals surface area contributed by atoms with Crippen LogP contribution in [0.15, 0.2) is 36.5 Å². The van der Waals surface area contributed by atoms with Crippen LogP contribution < -0.4 is 0 Å². The maximum Gasteiger partial charge on any atom is 0.306 e. The Bertz CT molecular complexity index is 1020. The summed E-state index contributed by atoms with van der Waals surface area (Å²) in [7, 11) is 0. The molecule has 0 spiro atoms. The van der Waals surface area contributed by atoms with Crippen molar-refractivity contribution in [3.8, 4) is 0 Å². The lowest BCUT2D eigenvalue weighted by Gasteiger charge is -2.18. The van der Waals surface area contributed by atoms with Gasteiger partial charge >= 0.3 is 17.9 Å². The van der Waals surface area contributed by atoms with E-state index in [9.17, 15) is 14.4 Å². The van der Waals surface area contributed by atoms with Gasteiger partial charge in [0.15, 0.2) is 6.10 Å². The van der Waals surface area contributed by atoms with E-state index in [1.807, 2.05) is 0 Å². The molecule has 0 bridgehead atoms. The SMILES string of the molecule is CCCCC/C=C\C/C=C\CCCCCCCCCCCC(=O)OC[C@@H](COC(=O)CCCCCCCCCCC)OC(=O)CCCCCCC/C=C\CCCCCCC. The molecule has 0 aromatic heterocycles. The second-order valence-corrected chi connectivity index (χ2v) is 17.4. The van der Waals surface area contributed by atoms with Crippen molar-refractivity contribution < 1.29 is 28.6 Å². The van der Waals surface area contributed by atoms with E-state index in [-0.39, 0.29) is 31.1 Å². The van der Waals surface area contributed by atoms with Crippen LogP contribution in [0.25, 0.3) is 0 Å². The molecule has 0 aliphatic heterocycles. The number of carbonyl (C=O) groups excluding carboxylic acids is 3. The number of rotatable bonds is 47. The predicted molar refractivity (Wildman–Crippen MR) is 256 cm³/mol. The molecule has 0 radical (unpaired) electrons. The first-order chi connectivity index (χ1) is 29.5. The lowest BCUT2D eigenvalue weighted by molar-refractivity contribution is -0.167. The normalized spacial score (nSPS) is 12.2. The van der Waals surface area contributed by atoms with E-state index in [1.54, 1.807) is 0 Å². The number of hydrogen-bond donors (Lipinski definition) is 0. The Morgan fingerprint density at radius 1 is 0.333 bits per heavy atom. The van der Waals surface area contributed by atoms with Gasteiger partial charge in [0.2, 0.25) is 0 Å². The monoisotopic (exact) mass is 843 g/mol. The van der Waals surface area contributed by atoms with Crippen molar-refractivity contribution in [3.63, 3.8) is 0 Å². The van der Waals surface area contributed by atoms with Crippen LogP contribution in [0, 0.1) is 0 Å². The Balaban J connectivity index is 4.29. The molecule has 0 fully saturated rings. The molecule has 350 valence electrons. The summed E-state index contributed by atoms with van der Waals surface area (Å²) < 4.78 is 16.8. The third kappa shape index (κ3) is 46.7. The van der Waals surface area contributed by atoms with E-state index in [4.69, 9.17) is 14.2 Å². The summed E-state index contributed by atoms with van der Waals surface area (Å²) in [5.74, 6) is -0.881. The molecule has 0 amide bonds. The molecule has 0 saturated heterocycles. The molecule has 0 aliphatic carbocycles. The first-order valence-corrected chi connectivity index (χ1v) is 26.0. The van der Waals surface area contributed by atoms with Crippen molar-refractivity contribution in [1.82, 2.24) is 0 Å². The molecular formula is C54H98O6. The van der Waals surface area contributed by atoms with Crippen LogP contribution in [0.2, 0.25) is 0 Å². The first kappa shape index (κ1) is 57.6. The van der Waals surface area contributed by atoms with Crippen molar-refractivity contribution in [2.45, 2.75) is 277 Å². The zero-order valence-corrected chi connectivity index (χ0v) is 40.0. The smallest absolute Gasteiger partial charge is 0.306 e. The van der Waals surface area contributed by atoms with Crippen molar-refractivity contribution in [2.24, 2.45) is 0 Å². The molecule has 0 aromatic rings. The maximum absolute atomic E-state index is 12.8. The Labute approximate surface area is 372 Å². The molecule has 60 heavy (non-hydrogen) atoms. The molecule has 6 heteroatoms. The van der Waals surface area contributed by atoms with E-state index >= 15 is 0 Å². The first-order valence-electron chi connectivity index (χ1n) is 26.0. The average molecular weight is 843 g/mol. The Morgan fingerprint density at radius 3 is 0.967 bits per heavy atom. The quantitative estimate of drug-likeness (QED) is 0.0263. The van der Waals surface area contributed by atoms with Crippen molar-refractivity contribution in [1.29, 1.82) is 0 Å². The van der Waals surface area contributed by atoms with Crippen LogP contribution in [0.3, 0.4) is 0 Å². The zero-order valence-electron chi connectivity index (χ0n) is 40.0. The standard InChI is InChI=1S/C54H98O6/c1-4-7-10-13-16-19-21-23-25-26-27-28-29-31-32-35-38-41-44-47-53(56)59-50-51(49-58-52(55)46-43-40-37-34-18-15-12-9-6-3)60-54(57)48-45-42-39-36-33-30-24-22-20-17-14-11-8-5-2/h16,19,22-25,51H,4-15,17-18,20-21,26-50H2,1-3H3/b19-16-,24-22-,25-23-/t51-/m1/s1. The van der Waals surface area contributed by atoms with Gasteiger partial charge in [-0.15, -0.1) is 0 Å². The lowest BCUT2D eigenvalue weighted by Crippen LogP contribution is -2.30. The lowest BCUT2D eigenvalue weighted by atomic mass is 10.1. The van der Waals surface area contributed by atoms with E-state index < -0.39 is 6.10 Å². The molecule has 0 saturated carbocycles. The van der Waals surface area contributed by atoms with Crippen LogP contribution in [0.4, 0.5) is 0 Å². The zero-order chi connectivity index (χ0) is 43.7. The molecule has 0 aromatic carbocycles. The van der Waals surface area contributed by atoms with Crippen molar-refractivity contribution >= 4 is 17.9 Å². The van der Waals surface area contributed by atoms with Gasteiger partial charge in [-0.2, -0.15) is 0 Å². The van der Waals surface area contributed by atoms with Gasteiger partial charge in [0.05, 0.1) is 0 Å². The van der Waals surface area contributed by atoms with Gasteiger partial charge in [0, 0.05) is 19.3 Å². The number of carbonyl (C=O) groups is 3. The van der Waals surface area contributed by atoms with Crippen LogP contribution >= 0.6 is 0 Å². The summed E-state index contributed by atoms with van der Waals surface area (Å²) in [6.07, 6.45) is 57.0. The van der Waals surface area contributed by atoms with E-state index in [1.165, 1.54) is 161 Å². The van der Waals surface area contributed by atoms with Crippen LogP contribution in [-0.2, 0) is 28.6 Å². The molecule has 0 aliphatic rings. The Morgan fingerprint density at radius 2 is 0.600 bits per heavy atom. The number of hydrogen-bond acceptors (Lipinski definition) is 6. The predicted octanol–water partition coefficient (Wildman–Crippen LogP) is 16.9. The fourth-order valence-corrected chi connectivity index (χ4v) is 7.41.